The number of hydrogen-bond donors (Lipinski definition) is 0. The van der Waals surface area contributed by atoms with E-state index in [1.807, 2.05) is 24.3 Å². The van der Waals surface area contributed by atoms with Gasteiger partial charge in [0.05, 0.1) is 15.9 Å². The fourth-order valence-corrected chi connectivity index (χ4v) is 4.34. The van der Waals surface area contributed by atoms with Crippen LogP contribution in [0.15, 0.2) is 83.0 Å². The lowest BCUT2D eigenvalue weighted by atomic mass is 10.1. The Morgan fingerprint density at radius 1 is 0.750 bits per heavy atom. The number of nitrogens with zero attached hydrogens (tertiary/aromatic N) is 4. The van der Waals surface area contributed by atoms with Crippen LogP contribution in [0.1, 0.15) is 0 Å². The van der Waals surface area contributed by atoms with E-state index in [2.05, 4.69) is 77.8 Å². The first kappa shape index (κ1) is 16.8. The van der Waals surface area contributed by atoms with Gasteiger partial charge >= 0.3 is 0 Å². The van der Waals surface area contributed by atoms with Gasteiger partial charge in [0.25, 0.3) is 0 Å². The zero-order valence-electron chi connectivity index (χ0n) is 15.6. The second-order valence-corrected chi connectivity index (χ2v) is 7.88. The van der Waals surface area contributed by atoms with Crippen LogP contribution in [0.2, 0.25) is 0 Å². The van der Waals surface area contributed by atoms with E-state index in [0.717, 1.165) is 26.7 Å². The van der Waals surface area contributed by atoms with Crippen LogP contribution in [-0.2, 0) is 0 Å². The minimum atomic E-state index is 0.673. The summed E-state index contributed by atoms with van der Waals surface area (Å²) in [6.07, 6.45) is 0. The lowest BCUT2D eigenvalue weighted by molar-refractivity contribution is 1.14. The first-order valence-corrected chi connectivity index (χ1v) is 9.91. The third-order valence-electron chi connectivity index (χ3n) is 4.88. The highest BCUT2D eigenvalue weighted by molar-refractivity contribution is 7.22. The van der Waals surface area contributed by atoms with Crippen molar-refractivity contribution in [3.63, 3.8) is 0 Å². The molecule has 4 aromatic carbocycles. The molecule has 0 aliphatic heterocycles. The maximum absolute atomic E-state index is 4.73. The van der Waals surface area contributed by atoms with Gasteiger partial charge < -0.3 is 4.90 Å². The fourth-order valence-electron chi connectivity index (χ4n) is 3.53. The summed E-state index contributed by atoms with van der Waals surface area (Å²) in [6.45, 7) is 0. The van der Waals surface area contributed by atoms with E-state index in [-0.39, 0.29) is 0 Å². The number of aromatic nitrogens is 1. The van der Waals surface area contributed by atoms with Gasteiger partial charge in [0.2, 0.25) is 5.13 Å². The van der Waals surface area contributed by atoms with Gasteiger partial charge in [-0.3, -0.25) is 0 Å². The van der Waals surface area contributed by atoms with Crippen molar-refractivity contribution in [2.24, 2.45) is 10.2 Å². The summed E-state index contributed by atoms with van der Waals surface area (Å²) < 4.78 is 1.13. The number of thiazole rings is 1. The van der Waals surface area contributed by atoms with E-state index >= 15 is 0 Å². The van der Waals surface area contributed by atoms with Crippen molar-refractivity contribution >= 4 is 59.6 Å². The highest BCUT2D eigenvalue weighted by Gasteiger charge is 2.09. The van der Waals surface area contributed by atoms with Crippen molar-refractivity contribution in [1.82, 2.24) is 4.98 Å². The third-order valence-corrected chi connectivity index (χ3v) is 5.78. The number of rotatable bonds is 3. The van der Waals surface area contributed by atoms with Crippen LogP contribution in [0.25, 0.3) is 31.8 Å². The van der Waals surface area contributed by atoms with E-state index < -0.39 is 0 Å². The van der Waals surface area contributed by atoms with Crippen molar-refractivity contribution in [1.29, 1.82) is 0 Å². The molecule has 0 spiro atoms. The molecule has 0 saturated heterocycles. The summed E-state index contributed by atoms with van der Waals surface area (Å²) in [5.74, 6) is 0. The van der Waals surface area contributed by atoms with E-state index in [9.17, 15) is 0 Å². The predicted molar refractivity (Wildman–Crippen MR) is 120 cm³/mol. The molecule has 1 aromatic heterocycles. The number of azo groups is 1. The quantitative estimate of drug-likeness (QED) is 0.313. The highest BCUT2D eigenvalue weighted by atomic mass is 32.1. The average Bonchev–Trinajstić information content (AvgIpc) is 3.15. The van der Waals surface area contributed by atoms with Gasteiger partial charge in [-0.25, -0.2) is 4.98 Å². The summed E-state index contributed by atoms with van der Waals surface area (Å²) in [4.78, 5) is 6.84. The van der Waals surface area contributed by atoms with Crippen LogP contribution in [0.5, 0.6) is 0 Å². The topological polar surface area (TPSA) is 40.9 Å². The number of fused-ring (bicyclic) bond motifs is 4. The minimum Gasteiger partial charge on any atom is -0.377 e. The van der Waals surface area contributed by atoms with Crippen LogP contribution in [0.4, 0.5) is 16.5 Å². The first-order chi connectivity index (χ1) is 13.7. The number of anilines is 1. The average molecular weight is 382 g/mol. The van der Waals surface area contributed by atoms with Gasteiger partial charge in [0.1, 0.15) is 0 Å². The zero-order chi connectivity index (χ0) is 19.1. The summed E-state index contributed by atoms with van der Waals surface area (Å²) in [5.41, 5.74) is 3.01. The molecular weight excluding hydrogens is 364 g/mol. The van der Waals surface area contributed by atoms with E-state index in [1.54, 1.807) is 11.3 Å². The Morgan fingerprint density at radius 3 is 2.32 bits per heavy atom. The second-order valence-electron chi connectivity index (χ2n) is 6.87. The zero-order valence-corrected chi connectivity index (χ0v) is 16.4. The summed E-state index contributed by atoms with van der Waals surface area (Å²) in [5, 5.41) is 14.3. The molecule has 136 valence electrons. The normalized spacial score (nSPS) is 11.8. The van der Waals surface area contributed by atoms with Crippen molar-refractivity contribution in [2.75, 3.05) is 19.0 Å². The largest absolute Gasteiger partial charge is 0.377 e. The molecule has 0 saturated carbocycles. The Balaban J connectivity index is 1.60. The highest BCUT2D eigenvalue weighted by Crippen LogP contribution is 2.36. The van der Waals surface area contributed by atoms with Crippen molar-refractivity contribution in [2.45, 2.75) is 0 Å². The summed E-state index contributed by atoms with van der Waals surface area (Å²) in [7, 11) is 4.10. The fraction of sp³-hybridized carbons (Fsp3) is 0.0870. The maximum Gasteiger partial charge on any atom is 0.231 e. The van der Waals surface area contributed by atoms with Gasteiger partial charge in [0, 0.05) is 35.9 Å². The molecule has 0 aliphatic rings. The van der Waals surface area contributed by atoms with Gasteiger partial charge in [-0.15, -0.1) is 10.2 Å². The van der Waals surface area contributed by atoms with Gasteiger partial charge in [-0.05, 0) is 23.6 Å². The Morgan fingerprint density at radius 2 is 1.50 bits per heavy atom. The first-order valence-electron chi connectivity index (χ1n) is 9.10. The molecule has 0 atom stereocenters. The second kappa shape index (κ2) is 6.69. The third kappa shape index (κ3) is 2.80. The lowest BCUT2D eigenvalue weighted by Gasteiger charge is -2.16. The van der Waals surface area contributed by atoms with E-state index in [1.165, 1.54) is 16.5 Å². The van der Waals surface area contributed by atoms with Crippen LogP contribution >= 0.6 is 11.3 Å². The molecule has 4 nitrogen and oxygen atoms in total. The molecule has 5 aromatic rings. The van der Waals surface area contributed by atoms with Crippen molar-refractivity contribution in [3.05, 3.63) is 72.8 Å². The van der Waals surface area contributed by atoms with Crippen LogP contribution in [-0.4, -0.2) is 19.1 Å². The van der Waals surface area contributed by atoms with Crippen LogP contribution in [0.3, 0.4) is 0 Å². The summed E-state index contributed by atoms with van der Waals surface area (Å²) >= 11 is 1.57. The van der Waals surface area contributed by atoms with Crippen LogP contribution < -0.4 is 4.90 Å². The standard InChI is InChI=1S/C23H18N4S/c1-27(2)20-13-12-19(17-9-5-6-10-18(17)20)25-26-23-24-22-16-8-4-3-7-15(16)11-14-21(22)28-23/h3-14H,1-2H3. The Bertz CT molecular complexity index is 1350. The Hall–Kier alpha value is -3.31. The van der Waals surface area contributed by atoms with E-state index in [4.69, 9.17) is 4.98 Å². The van der Waals surface area contributed by atoms with Gasteiger partial charge in [0.15, 0.2) is 0 Å². The number of hydrogen-bond acceptors (Lipinski definition) is 5. The molecule has 0 aliphatic carbocycles. The van der Waals surface area contributed by atoms with Crippen molar-refractivity contribution in [3.8, 4) is 0 Å². The SMILES string of the molecule is CN(C)c1ccc(N=Nc2nc3c(ccc4ccccc43)s2)c2ccccc12. The molecule has 5 heteroatoms. The van der Waals surface area contributed by atoms with Gasteiger partial charge in [-0.2, -0.15) is 0 Å². The molecule has 0 radical (unpaired) electrons. The Labute approximate surface area is 166 Å². The molecule has 0 bridgehead atoms. The van der Waals surface area contributed by atoms with E-state index in [0.29, 0.717) is 5.13 Å². The maximum atomic E-state index is 4.73. The summed E-state index contributed by atoms with van der Waals surface area (Å²) in [6, 6.07) is 24.9. The van der Waals surface area contributed by atoms with Gasteiger partial charge in [-0.1, -0.05) is 65.9 Å². The smallest absolute Gasteiger partial charge is 0.231 e. The molecule has 0 fully saturated rings. The molecular formula is C23H18N4S. The molecule has 28 heavy (non-hydrogen) atoms. The molecule has 0 unspecified atom stereocenters. The molecule has 5 rings (SSSR count). The molecule has 0 amide bonds. The van der Waals surface area contributed by atoms with Crippen LogP contribution in [0, 0.1) is 0 Å². The number of benzene rings is 4. The monoisotopic (exact) mass is 382 g/mol. The molecule has 0 N–H and O–H groups in total. The Kier molecular flexibility index (Phi) is 4.02. The lowest BCUT2D eigenvalue weighted by Crippen LogP contribution is -2.08. The predicted octanol–water partition coefficient (Wildman–Crippen LogP) is 7.08. The van der Waals surface area contributed by atoms with Crippen molar-refractivity contribution < 1.29 is 0 Å². The molecule has 1 heterocycles. The minimum absolute atomic E-state index is 0.673.